The minimum absolute atomic E-state index is 0.0173. The second kappa shape index (κ2) is 9.42. The summed E-state index contributed by atoms with van der Waals surface area (Å²) < 4.78 is 5.58. The number of guanidine groups is 1. The highest BCUT2D eigenvalue weighted by atomic mass is 16.5. The van der Waals surface area contributed by atoms with Crippen LogP contribution in [0.1, 0.15) is 32.3 Å². The van der Waals surface area contributed by atoms with Crippen LogP contribution in [0, 0.1) is 5.41 Å². The summed E-state index contributed by atoms with van der Waals surface area (Å²) in [6.07, 6.45) is 2.84. The molecular formula is C21H34N4O2. The van der Waals surface area contributed by atoms with Gasteiger partial charge in [0.25, 0.3) is 0 Å². The van der Waals surface area contributed by atoms with E-state index in [1.54, 1.807) is 0 Å². The summed E-state index contributed by atoms with van der Waals surface area (Å²) in [5, 5.41) is 16.3. The molecule has 6 nitrogen and oxygen atoms in total. The molecule has 150 valence electrons. The van der Waals surface area contributed by atoms with E-state index in [0.29, 0.717) is 19.2 Å². The van der Waals surface area contributed by atoms with Crippen LogP contribution < -0.4 is 15.5 Å². The van der Waals surface area contributed by atoms with Crippen molar-refractivity contribution in [3.63, 3.8) is 0 Å². The quantitative estimate of drug-likeness (QED) is 0.478. The summed E-state index contributed by atoms with van der Waals surface area (Å²) in [4.78, 5) is 7.29. The number of hydrogen-bond donors (Lipinski definition) is 3. The lowest BCUT2D eigenvalue weighted by atomic mass is 9.84. The van der Waals surface area contributed by atoms with Crippen molar-refractivity contribution in [3.8, 4) is 0 Å². The zero-order chi connectivity index (χ0) is 19.1. The molecule has 0 saturated carbocycles. The molecule has 1 aromatic rings. The van der Waals surface area contributed by atoms with Gasteiger partial charge in [0.2, 0.25) is 0 Å². The van der Waals surface area contributed by atoms with Crippen molar-refractivity contribution in [1.29, 1.82) is 0 Å². The van der Waals surface area contributed by atoms with Gasteiger partial charge in [-0.3, -0.25) is 4.99 Å². The van der Waals surface area contributed by atoms with Gasteiger partial charge in [0.15, 0.2) is 5.96 Å². The van der Waals surface area contributed by atoms with E-state index in [1.165, 1.54) is 11.3 Å². The highest BCUT2D eigenvalue weighted by molar-refractivity contribution is 5.79. The van der Waals surface area contributed by atoms with Gasteiger partial charge in [0.1, 0.15) is 0 Å². The Labute approximate surface area is 163 Å². The third-order valence-corrected chi connectivity index (χ3v) is 5.76. The third kappa shape index (κ3) is 4.93. The number of nitrogens with one attached hydrogen (secondary N) is 2. The second-order valence-corrected chi connectivity index (χ2v) is 7.77. The predicted molar refractivity (Wildman–Crippen MR) is 111 cm³/mol. The van der Waals surface area contributed by atoms with Crippen LogP contribution in [-0.4, -0.2) is 63.1 Å². The van der Waals surface area contributed by atoms with Gasteiger partial charge in [-0.25, -0.2) is 0 Å². The summed E-state index contributed by atoms with van der Waals surface area (Å²) in [5.41, 5.74) is 2.78. The van der Waals surface area contributed by atoms with Crippen LogP contribution in [0.4, 0.5) is 5.69 Å². The van der Waals surface area contributed by atoms with Crippen molar-refractivity contribution in [2.75, 3.05) is 50.9 Å². The first-order valence-corrected chi connectivity index (χ1v) is 10.2. The number of benzene rings is 1. The van der Waals surface area contributed by atoms with Crippen molar-refractivity contribution in [3.05, 3.63) is 29.8 Å². The fourth-order valence-corrected chi connectivity index (χ4v) is 4.05. The average molecular weight is 375 g/mol. The second-order valence-electron chi connectivity index (χ2n) is 7.77. The molecule has 3 N–H and O–H groups in total. The number of nitrogens with zero attached hydrogens (tertiary/aromatic N) is 2. The third-order valence-electron chi connectivity index (χ3n) is 5.76. The summed E-state index contributed by atoms with van der Waals surface area (Å²) >= 11 is 0. The highest BCUT2D eigenvalue weighted by Gasteiger charge is 2.34. The Morgan fingerprint density at radius 2 is 2.22 bits per heavy atom. The number of fused-ring (bicyclic) bond motifs is 1. The maximum atomic E-state index is 9.40. The van der Waals surface area contributed by atoms with E-state index in [1.807, 2.05) is 0 Å². The predicted octanol–water partition coefficient (Wildman–Crippen LogP) is 1.78. The normalized spacial score (nSPS) is 23.4. The maximum absolute atomic E-state index is 9.40. The van der Waals surface area contributed by atoms with E-state index in [2.05, 4.69) is 53.6 Å². The molecule has 2 heterocycles. The Morgan fingerprint density at radius 1 is 1.37 bits per heavy atom. The summed E-state index contributed by atoms with van der Waals surface area (Å²) in [6.45, 7) is 9.42. The van der Waals surface area contributed by atoms with Crippen molar-refractivity contribution in [2.24, 2.45) is 10.4 Å². The minimum Gasteiger partial charge on any atom is -0.396 e. The van der Waals surface area contributed by atoms with Crippen LogP contribution in [0.3, 0.4) is 0 Å². The largest absolute Gasteiger partial charge is 0.396 e. The maximum Gasteiger partial charge on any atom is 0.191 e. The molecule has 0 amide bonds. The number of hydrogen-bond acceptors (Lipinski definition) is 4. The fourth-order valence-electron chi connectivity index (χ4n) is 4.05. The molecule has 2 atom stereocenters. The standard InChI is InChI=1S/C21H34N4O2/c1-3-22-20(24-15-21(9-12-26)10-13-27-16-21)23-14-17(2)25-11-8-18-6-4-5-7-19(18)25/h4-7,17,26H,3,8-16H2,1-2H3,(H2,22,23,24). The van der Waals surface area contributed by atoms with Gasteiger partial charge in [-0.1, -0.05) is 18.2 Å². The lowest BCUT2D eigenvalue weighted by Gasteiger charge is -2.29. The van der Waals surface area contributed by atoms with Gasteiger partial charge in [-0.05, 0) is 44.7 Å². The Hall–Kier alpha value is -1.79. The van der Waals surface area contributed by atoms with E-state index in [0.717, 1.165) is 51.5 Å². The number of rotatable bonds is 8. The Morgan fingerprint density at radius 3 is 2.96 bits per heavy atom. The van der Waals surface area contributed by atoms with E-state index in [4.69, 9.17) is 9.73 Å². The van der Waals surface area contributed by atoms with Gasteiger partial charge in [-0.2, -0.15) is 0 Å². The van der Waals surface area contributed by atoms with Gasteiger partial charge in [0.05, 0.1) is 13.2 Å². The molecule has 1 aromatic carbocycles. The van der Waals surface area contributed by atoms with Crippen LogP contribution >= 0.6 is 0 Å². The van der Waals surface area contributed by atoms with Gasteiger partial charge in [-0.15, -0.1) is 0 Å². The molecule has 27 heavy (non-hydrogen) atoms. The zero-order valence-corrected chi connectivity index (χ0v) is 16.7. The number of para-hydroxylation sites is 1. The molecule has 1 fully saturated rings. The Kier molecular flexibility index (Phi) is 6.96. The van der Waals surface area contributed by atoms with E-state index >= 15 is 0 Å². The summed E-state index contributed by atoms with van der Waals surface area (Å²) in [7, 11) is 0. The molecular weight excluding hydrogens is 340 g/mol. The molecule has 2 aliphatic rings. The molecule has 0 spiro atoms. The molecule has 0 aromatic heterocycles. The van der Waals surface area contributed by atoms with Crippen LogP contribution in [0.5, 0.6) is 0 Å². The van der Waals surface area contributed by atoms with Crippen molar-refractivity contribution >= 4 is 11.6 Å². The number of ether oxygens (including phenoxy) is 1. The van der Waals surface area contributed by atoms with E-state index in [9.17, 15) is 5.11 Å². The molecule has 6 heteroatoms. The molecule has 0 radical (unpaired) electrons. The van der Waals surface area contributed by atoms with Crippen molar-refractivity contribution < 1.29 is 9.84 Å². The number of anilines is 1. The molecule has 2 unspecified atom stereocenters. The smallest absolute Gasteiger partial charge is 0.191 e. The molecule has 0 bridgehead atoms. The number of aliphatic imine (C=N–C) groups is 1. The lowest BCUT2D eigenvalue weighted by Crippen LogP contribution is -2.46. The number of aliphatic hydroxyl groups excluding tert-OH is 1. The minimum atomic E-state index is -0.0173. The van der Waals surface area contributed by atoms with Crippen LogP contribution in [0.2, 0.25) is 0 Å². The first kappa shape index (κ1) is 20.0. The van der Waals surface area contributed by atoms with Crippen molar-refractivity contribution in [2.45, 2.75) is 39.2 Å². The monoisotopic (exact) mass is 374 g/mol. The fraction of sp³-hybridized carbons (Fsp3) is 0.667. The first-order chi connectivity index (χ1) is 13.2. The zero-order valence-electron chi connectivity index (χ0n) is 16.7. The van der Waals surface area contributed by atoms with Crippen LogP contribution in [-0.2, 0) is 11.2 Å². The SMILES string of the molecule is CCNC(=NCC1(CCO)CCOC1)NCC(C)N1CCc2ccccc21. The molecule has 1 saturated heterocycles. The van der Waals surface area contributed by atoms with E-state index < -0.39 is 0 Å². The highest BCUT2D eigenvalue weighted by Crippen LogP contribution is 2.32. The van der Waals surface area contributed by atoms with Gasteiger partial charge < -0.3 is 25.4 Å². The summed E-state index contributed by atoms with van der Waals surface area (Å²) in [6, 6.07) is 9.07. The Balaban J connectivity index is 1.58. The van der Waals surface area contributed by atoms with Crippen LogP contribution in [0.25, 0.3) is 0 Å². The van der Waals surface area contributed by atoms with Gasteiger partial charge in [0, 0.05) is 50.0 Å². The molecule has 0 aliphatic carbocycles. The average Bonchev–Trinajstić information content (AvgIpc) is 3.31. The molecule has 2 aliphatic heterocycles. The molecule has 3 rings (SSSR count). The Bertz CT molecular complexity index is 628. The summed E-state index contributed by atoms with van der Waals surface area (Å²) in [5.74, 6) is 0.848. The van der Waals surface area contributed by atoms with Gasteiger partial charge >= 0.3 is 0 Å². The van der Waals surface area contributed by atoms with Crippen molar-refractivity contribution in [1.82, 2.24) is 10.6 Å². The number of aliphatic hydroxyl groups is 1. The van der Waals surface area contributed by atoms with E-state index in [-0.39, 0.29) is 12.0 Å². The topological polar surface area (TPSA) is 69.1 Å². The van der Waals surface area contributed by atoms with Crippen LogP contribution in [0.15, 0.2) is 29.3 Å². The lowest BCUT2D eigenvalue weighted by molar-refractivity contribution is 0.131. The first-order valence-electron chi connectivity index (χ1n) is 10.2.